The largest absolute Gasteiger partial charge is 0.464 e. The molecule has 10 heteroatoms. The van der Waals surface area contributed by atoms with Gasteiger partial charge in [0.05, 0.1) is 22.9 Å². The van der Waals surface area contributed by atoms with Crippen molar-refractivity contribution < 1.29 is 23.4 Å². The van der Waals surface area contributed by atoms with Gasteiger partial charge in [0.25, 0.3) is 5.91 Å². The Morgan fingerprint density at radius 3 is 2.68 bits per heavy atom. The molecule has 1 atom stereocenters. The van der Waals surface area contributed by atoms with Gasteiger partial charge in [-0.3, -0.25) is 4.79 Å². The first-order valence-electron chi connectivity index (χ1n) is 11.5. The summed E-state index contributed by atoms with van der Waals surface area (Å²) in [5.41, 5.74) is 1.74. The molecule has 1 amide bonds. The summed E-state index contributed by atoms with van der Waals surface area (Å²) in [6.45, 7) is 7.39. The number of alkyl halides is 2. The van der Waals surface area contributed by atoms with Crippen LogP contribution in [0.5, 0.6) is 6.01 Å². The van der Waals surface area contributed by atoms with E-state index in [-0.39, 0.29) is 36.3 Å². The van der Waals surface area contributed by atoms with E-state index in [0.717, 1.165) is 17.3 Å². The van der Waals surface area contributed by atoms with Crippen LogP contribution in [-0.4, -0.2) is 47.8 Å². The number of benzene rings is 1. The zero-order valence-corrected chi connectivity index (χ0v) is 21.5. The number of halogens is 3. The third-order valence-electron chi connectivity index (χ3n) is 5.92. The van der Waals surface area contributed by atoms with Gasteiger partial charge in [-0.1, -0.05) is 37.3 Å². The Kier molecular flexibility index (Phi) is 8.65. The molecule has 1 aliphatic rings. The smallest absolute Gasteiger partial charge is 0.316 e. The van der Waals surface area contributed by atoms with Crippen LogP contribution in [-0.2, 0) is 6.42 Å². The molecule has 0 aliphatic heterocycles. The number of hydrogen-bond donors (Lipinski definition) is 2. The van der Waals surface area contributed by atoms with E-state index in [9.17, 15) is 18.7 Å². The number of amides is 1. The molecule has 0 spiro atoms. The molecular weight excluding hydrogens is 480 g/mol. The molecule has 0 radical (unpaired) electrons. The fraction of sp³-hybridized carbons (Fsp3) is 0.542. The van der Waals surface area contributed by atoms with Crippen molar-refractivity contribution in [1.29, 1.82) is 0 Å². The molecule has 1 heterocycles. The Balaban J connectivity index is 1.62. The molecule has 6 nitrogen and oxygen atoms in total. The summed E-state index contributed by atoms with van der Waals surface area (Å²) in [4.78, 5) is 21.4. The van der Waals surface area contributed by atoms with Gasteiger partial charge in [0.1, 0.15) is 6.23 Å². The van der Waals surface area contributed by atoms with E-state index in [0.29, 0.717) is 19.0 Å². The third kappa shape index (κ3) is 7.99. The average Bonchev–Trinajstić information content (AvgIpc) is 2.74. The Bertz CT molecular complexity index is 994. The number of carbonyl (C=O) groups excluding carboxylic acids is 1. The molecule has 2 aromatic rings. The summed E-state index contributed by atoms with van der Waals surface area (Å²) in [6.07, 6.45) is 0.592. The molecule has 1 aliphatic carbocycles. The van der Waals surface area contributed by atoms with Crippen LogP contribution in [0.1, 0.15) is 47.3 Å². The number of rotatable bonds is 9. The van der Waals surface area contributed by atoms with Crippen molar-refractivity contribution >= 4 is 25.6 Å². The summed E-state index contributed by atoms with van der Waals surface area (Å²) in [6, 6.07) is 8.17. The van der Waals surface area contributed by atoms with Crippen LogP contribution in [0.15, 0.2) is 30.5 Å². The normalized spacial score (nSPS) is 17.3. The first-order chi connectivity index (χ1) is 15.9. The molecular formula is C24H32ClF2N3O3Si. The maximum atomic E-state index is 13.4. The number of hydrogen-bond acceptors (Lipinski definition) is 5. The number of aliphatic hydroxyl groups is 1. The zero-order chi connectivity index (χ0) is 24.9. The van der Waals surface area contributed by atoms with Crippen LogP contribution in [0.25, 0.3) is 0 Å². The van der Waals surface area contributed by atoms with Crippen LogP contribution in [0.4, 0.5) is 8.78 Å². The summed E-state index contributed by atoms with van der Waals surface area (Å²) in [5, 5.41) is 13.1. The number of nitrogens with zero attached hydrogens (tertiary/aromatic N) is 2. The second-order valence-electron chi connectivity index (χ2n) is 10.1. The van der Waals surface area contributed by atoms with E-state index < -0.39 is 32.0 Å². The second-order valence-corrected chi connectivity index (χ2v) is 16.1. The minimum atomic E-state index is -2.70. The van der Waals surface area contributed by atoms with Crippen molar-refractivity contribution in [2.75, 3.05) is 6.61 Å². The van der Waals surface area contributed by atoms with Crippen molar-refractivity contribution in [1.82, 2.24) is 15.3 Å². The van der Waals surface area contributed by atoms with Crippen LogP contribution in [0, 0.1) is 5.92 Å². The average molecular weight is 512 g/mol. The minimum Gasteiger partial charge on any atom is -0.464 e. The summed E-state index contributed by atoms with van der Waals surface area (Å²) < 4.78 is 32.5. The number of carbonyl (C=O) groups is 1. The lowest BCUT2D eigenvalue weighted by Gasteiger charge is -2.31. The van der Waals surface area contributed by atoms with Crippen molar-refractivity contribution in [3.63, 3.8) is 0 Å². The molecule has 3 rings (SSSR count). The van der Waals surface area contributed by atoms with Crippen molar-refractivity contribution in [2.45, 2.75) is 69.9 Å². The van der Waals surface area contributed by atoms with Gasteiger partial charge in [-0.2, -0.15) is 4.98 Å². The van der Waals surface area contributed by atoms with Gasteiger partial charge in [0.15, 0.2) is 0 Å². The third-order valence-corrected chi connectivity index (χ3v) is 7.96. The molecule has 1 aromatic carbocycles. The summed E-state index contributed by atoms with van der Waals surface area (Å²) in [7, 11) is -1.22. The van der Waals surface area contributed by atoms with Gasteiger partial charge in [0.2, 0.25) is 5.92 Å². The molecule has 0 saturated heterocycles. The van der Waals surface area contributed by atoms with E-state index in [4.69, 9.17) is 16.3 Å². The molecule has 0 bridgehead atoms. The maximum Gasteiger partial charge on any atom is 0.316 e. The first-order valence-corrected chi connectivity index (χ1v) is 15.6. The van der Waals surface area contributed by atoms with Crippen LogP contribution in [0.2, 0.25) is 30.7 Å². The molecule has 34 heavy (non-hydrogen) atoms. The van der Waals surface area contributed by atoms with Gasteiger partial charge < -0.3 is 15.2 Å². The highest BCUT2D eigenvalue weighted by Gasteiger charge is 2.37. The number of aromatic nitrogens is 2. The minimum absolute atomic E-state index is 0.151. The highest BCUT2D eigenvalue weighted by atomic mass is 35.5. The molecule has 1 unspecified atom stereocenters. The number of aliphatic hydroxyl groups excluding tert-OH is 1. The van der Waals surface area contributed by atoms with Crippen molar-refractivity contribution in [3.8, 4) is 6.01 Å². The number of nitrogens with one attached hydrogen (secondary N) is 1. The van der Waals surface area contributed by atoms with Gasteiger partial charge in [-0.05, 0) is 42.6 Å². The fourth-order valence-electron chi connectivity index (χ4n) is 3.77. The molecule has 1 saturated carbocycles. The van der Waals surface area contributed by atoms with Gasteiger partial charge in [-0.25, -0.2) is 13.8 Å². The quantitative estimate of drug-likeness (QED) is 0.352. The van der Waals surface area contributed by atoms with E-state index in [1.165, 1.54) is 0 Å². The lowest BCUT2D eigenvalue weighted by atomic mass is 9.85. The SMILES string of the molecule is C[Si](C)(C)CCOc1nccc(Cc2ccc(Cl)c(C(=O)NC(O)C3CCC(F)(F)CC3)c2)n1. The monoisotopic (exact) mass is 511 g/mol. The van der Waals surface area contributed by atoms with Crippen molar-refractivity contribution in [2.24, 2.45) is 5.92 Å². The Morgan fingerprint density at radius 2 is 2.00 bits per heavy atom. The molecule has 1 aromatic heterocycles. The molecule has 1 fully saturated rings. The lowest BCUT2D eigenvalue weighted by molar-refractivity contribution is -0.0650. The van der Waals surface area contributed by atoms with E-state index >= 15 is 0 Å². The second kappa shape index (κ2) is 11.1. The fourth-order valence-corrected chi connectivity index (χ4v) is 4.68. The Morgan fingerprint density at radius 1 is 1.29 bits per heavy atom. The molecule has 186 valence electrons. The molecule has 2 N–H and O–H groups in total. The highest BCUT2D eigenvalue weighted by molar-refractivity contribution is 6.76. The summed E-state index contributed by atoms with van der Waals surface area (Å²) in [5.74, 6) is -3.65. The predicted octanol–water partition coefficient (Wildman–Crippen LogP) is 5.31. The van der Waals surface area contributed by atoms with Crippen LogP contribution >= 0.6 is 11.6 Å². The lowest BCUT2D eigenvalue weighted by Crippen LogP contribution is -2.42. The summed E-state index contributed by atoms with van der Waals surface area (Å²) >= 11 is 6.24. The van der Waals surface area contributed by atoms with Crippen LogP contribution < -0.4 is 10.1 Å². The van der Waals surface area contributed by atoms with Gasteiger partial charge in [-0.15, -0.1) is 0 Å². The number of ether oxygens (including phenoxy) is 1. The zero-order valence-electron chi connectivity index (χ0n) is 19.8. The van der Waals surface area contributed by atoms with Crippen molar-refractivity contribution in [3.05, 3.63) is 52.3 Å². The van der Waals surface area contributed by atoms with Gasteiger partial charge >= 0.3 is 6.01 Å². The topological polar surface area (TPSA) is 84.3 Å². The van der Waals surface area contributed by atoms with E-state index in [2.05, 4.69) is 34.9 Å². The predicted molar refractivity (Wildman–Crippen MR) is 130 cm³/mol. The highest BCUT2D eigenvalue weighted by Crippen LogP contribution is 2.37. The Labute approximate surface area is 205 Å². The standard InChI is InChI=1S/C24H32ClF2N3O3Si/c1-34(2,3)13-12-33-23-28-11-8-18(29-23)14-16-4-5-20(25)19(15-16)22(32)30-21(31)17-6-9-24(26,27)10-7-17/h4-5,8,11,15,17,21,31H,6-7,9-10,12-14H2,1-3H3,(H,30,32). The van der Waals surface area contributed by atoms with Crippen LogP contribution in [0.3, 0.4) is 0 Å². The maximum absolute atomic E-state index is 13.4. The van der Waals surface area contributed by atoms with Gasteiger partial charge in [0, 0.05) is 39.5 Å². The van der Waals surface area contributed by atoms with E-state index in [1.807, 2.05) is 0 Å². The Hall–Kier alpha value is -2.10. The van der Waals surface area contributed by atoms with E-state index in [1.54, 1.807) is 30.5 Å². The first kappa shape index (κ1) is 26.5.